The maximum absolute atomic E-state index is 13.0. The van der Waals surface area contributed by atoms with Gasteiger partial charge in [0, 0.05) is 32.2 Å². The molecule has 1 amide bonds. The van der Waals surface area contributed by atoms with E-state index in [9.17, 15) is 9.18 Å². The molecule has 0 atom stereocenters. The Bertz CT molecular complexity index is 811. The second-order valence-electron chi connectivity index (χ2n) is 7.54. The van der Waals surface area contributed by atoms with Gasteiger partial charge in [-0.05, 0) is 31.9 Å². The number of hydrogen-bond acceptors (Lipinski definition) is 6. The molecule has 1 aliphatic heterocycles. The third-order valence-corrected chi connectivity index (χ3v) is 6.71. The summed E-state index contributed by atoms with van der Waals surface area (Å²) in [4.78, 5) is 26.6. The minimum Gasteiger partial charge on any atom is -0.335 e. The topological polar surface area (TPSA) is 61.4 Å². The van der Waals surface area contributed by atoms with E-state index in [0.717, 1.165) is 32.4 Å². The van der Waals surface area contributed by atoms with Crippen LogP contribution in [0.1, 0.15) is 47.5 Å². The van der Waals surface area contributed by atoms with E-state index in [1.54, 1.807) is 6.07 Å². The van der Waals surface area contributed by atoms with Gasteiger partial charge >= 0.3 is 0 Å². The molecule has 2 fully saturated rings. The average molecular weight is 404 g/mol. The molecule has 2 aromatic rings. The van der Waals surface area contributed by atoms with E-state index in [1.165, 1.54) is 49.5 Å². The number of amides is 1. The fourth-order valence-corrected chi connectivity index (χ4v) is 5.03. The fourth-order valence-electron chi connectivity index (χ4n) is 4.09. The molecular formula is C20H26FN5OS. The molecule has 0 bridgehead atoms. The van der Waals surface area contributed by atoms with Crippen LogP contribution >= 0.6 is 11.3 Å². The number of aryl methyl sites for hydroxylation is 1. The first-order chi connectivity index (χ1) is 13.6. The maximum atomic E-state index is 13.0. The number of anilines is 2. The van der Waals surface area contributed by atoms with Crippen LogP contribution in [0.15, 0.2) is 18.3 Å². The normalized spacial score (nSPS) is 19.0. The Balaban J connectivity index is 1.37. The summed E-state index contributed by atoms with van der Waals surface area (Å²) >= 11 is 1.33. The van der Waals surface area contributed by atoms with Crippen LogP contribution in [0, 0.1) is 12.7 Å². The maximum Gasteiger partial charge on any atom is 0.266 e. The van der Waals surface area contributed by atoms with E-state index in [1.807, 2.05) is 11.8 Å². The quantitative estimate of drug-likeness (QED) is 0.841. The Hall–Kier alpha value is -2.06. The van der Waals surface area contributed by atoms with Gasteiger partial charge < -0.3 is 10.2 Å². The van der Waals surface area contributed by atoms with Crippen molar-refractivity contribution in [2.45, 2.75) is 45.1 Å². The lowest BCUT2D eigenvalue weighted by Crippen LogP contribution is -2.52. The van der Waals surface area contributed by atoms with Crippen LogP contribution in [0.5, 0.6) is 0 Å². The SMILES string of the molecule is Cc1nc(Nc2ccc(F)cn2)sc1C(=O)N1CCN(C2CCCCC2)CC1. The summed E-state index contributed by atoms with van der Waals surface area (Å²) < 4.78 is 13.0. The molecule has 2 aliphatic rings. The summed E-state index contributed by atoms with van der Waals surface area (Å²) in [6.45, 7) is 5.31. The van der Waals surface area contributed by atoms with Crippen molar-refractivity contribution in [1.82, 2.24) is 19.8 Å². The zero-order valence-corrected chi connectivity index (χ0v) is 17.0. The summed E-state index contributed by atoms with van der Waals surface area (Å²) in [7, 11) is 0. The zero-order valence-electron chi connectivity index (χ0n) is 16.2. The minimum atomic E-state index is -0.385. The fraction of sp³-hybridized carbons (Fsp3) is 0.550. The zero-order chi connectivity index (χ0) is 19.5. The second kappa shape index (κ2) is 8.53. The minimum absolute atomic E-state index is 0.0541. The van der Waals surface area contributed by atoms with Crippen LogP contribution < -0.4 is 5.32 Å². The van der Waals surface area contributed by atoms with Gasteiger partial charge in [-0.25, -0.2) is 14.4 Å². The number of aromatic nitrogens is 2. The molecule has 0 radical (unpaired) electrons. The third-order valence-electron chi connectivity index (χ3n) is 5.65. The summed E-state index contributed by atoms with van der Waals surface area (Å²) in [5.74, 6) is 0.178. The molecule has 1 saturated heterocycles. The molecule has 0 aromatic carbocycles. The molecule has 8 heteroatoms. The lowest BCUT2D eigenvalue weighted by molar-refractivity contribution is 0.0526. The molecule has 3 heterocycles. The number of rotatable bonds is 4. The molecule has 150 valence electrons. The highest BCUT2D eigenvalue weighted by atomic mass is 32.1. The van der Waals surface area contributed by atoms with Gasteiger partial charge in [0.2, 0.25) is 0 Å². The molecule has 0 spiro atoms. The molecule has 1 N–H and O–H groups in total. The average Bonchev–Trinajstić information content (AvgIpc) is 3.10. The van der Waals surface area contributed by atoms with Crippen LogP contribution in [0.3, 0.4) is 0 Å². The third kappa shape index (κ3) is 4.33. The first-order valence-electron chi connectivity index (χ1n) is 9.99. The highest BCUT2D eigenvalue weighted by molar-refractivity contribution is 7.17. The molecule has 0 unspecified atom stereocenters. The summed E-state index contributed by atoms with van der Waals surface area (Å²) in [6, 6.07) is 3.60. The number of halogens is 1. The van der Waals surface area contributed by atoms with Gasteiger partial charge in [0.25, 0.3) is 5.91 Å². The number of carbonyl (C=O) groups excluding carboxylic acids is 1. The number of pyridine rings is 1. The number of carbonyl (C=O) groups is 1. The number of thiazole rings is 1. The summed E-state index contributed by atoms with van der Waals surface area (Å²) in [5, 5.41) is 3.65. The van der Waals surface area contributed by atoms with Crippen molar-refractivity contribution in [1.29, 1.82) is 0 Å². The van der Waals surface area contributed by atoms with Crippen molar-refractivity contribution in [2.75, 3.05) is 31.5 Å². The Labute approximate surface area is 168 Å². The summed E-state index contributed by atoms with van der Waals surface area (Å²) in [5.41, 5.74) is 0.717. The molecule has 4 rings (SSSR count). The second-order valence-corrected chi connectivity index (χ2v) is 8.54. The number of nitrogens with one attached hydrogen (secondary N) is 1. The van der Waals surface area contributed by atoms with Crippen LogP contribution in [-0.4, -0.2) is 57.9 Å². The molecule has 2 aromatic heterocycles. The van der Waals surface area contributed by atoms with Gasteiger partial charge in [0.05, 0.1) is 11.9 Å². The highest BCUT2D eigenvalue weighted by Gasteiger charge is 2.29. The van der Waals surface area contributed by atoms with Crippen molar-refractivity contribution < 1.29 is 9.18 Å². The van der Waals surface area contributed by atoms with Gasteiger partial charge in [-0.3, -0.25) is 9.69 Å². The van der Waals surface area contributed by atoms with Crippen LogP contribution in [0.2, 0.25) is 0 Å². The number of hydrogen-bond donors (Lipinski definition) is 1. The largest absolute Gasteiger partial charge is 0.335 e. The number of piperazine rings is 1. The van der Waals surface area contributed by atoms with Crippen molar-refractivity contribution in [2.24, 2.45) is 0 Å². The lowest BCUT2D eigenvalue weighted by Gasteiger charge is -2.40. The van der Waals surface area contributed by atoms with Crippen LogP contribution in [0.25, 0.3) is 0 Å². The van der Waals surface area contributed by atoms with E-state index in [4.69, 9.17) is 0 Å². The molecular weight excluding hydrogens is 377 g/mol. The smallest absolute Gasteiger partial charge is 0.266 e. The first kappa shape index (κ1) is 19.3. The van der Waals surface area contributed by atoms with Crippen molar-refractivity contribution >= 4 is 28.2 Å². The predicted molar refractivity (Wildman–Crippen MR) is 109 cm³/mol. The van der Waals surface area contributed by atoms with Crippen molar-refractivity contribution in [3.63, 3.8) is 0 Å². The molecule has 1 saturated carbocycles. The van der Waals surface area contributed by atoms with E-state index in [-0.39, 0.29) is 11.7 Å². The van der Waals surface area contributed by atoms with Gasteiger partial charge in [-0.2, -0.15) is 0 Å². The van der Waals surface area contributed by atoms with Gasteiger partial charge in [-0.1, -0.05) is 30.6 Å². The Kier molecular flexibility index (Phi) is 5.87. The number of nitrogens with zero attached hydrogens (tertiary/aromatic N) is 4. The van der Waals surface area contributed by atoms with Crippen LogP contribution in [-0.2, 0) is 0 Å². The van der Waals surface area contributed by atoms with E-state index >= 15 is 0 Å². The Morgan fingerprint density at radius 3 is 2.61 bits per heavy atom. The summed E-state index contributed by atoms with van der Waals surface area (Å²) in [6.07, 6.45) is 7.79. The van der Waals surface area contributed by atoms with Crippen LogP contribution in [0.4, 0.5) is 15.3 Å². The monoisotopic (exact) mass is 403 g/mol. The van der Waals surface area contributed by atoms with E-state index in [2.05, 4.69) is 20.2 Å². The van der Waals surface area contributed by atoms with Crippen molar-refractivity contribution in [3.05, 3.63) is 34.7 Å². The van der Waals surface area contributed by atoms with Gasteiger partial charge in [0.15, 0.2) is 5.13 Å². The molecule has 6 nitrogen and oxygen atoms in total. The molecule has 28 heavy (non-hydrogen) atoms. The van der Waals surface area contributed by atoms with Gasteiger partial charge in [0.1, 0.15) is 16.5 Å². The van der Waals surface area contributed by atoms with Gasteiger partial charge in [-0.15, -0.1) is 0 Å². The first-order valence-corrected chi connectivity index (χ1v) is 10.8. The van der Waals surface area contributed by atoms with Crippen molar-refractivity contribution in [3.8, 4) is 0 Å². The highest BCUT2D eigenvalue weighted by Crippen LogP contribution is 2.28. The lowest BCUT2D eigenvalue weighted by atomic mass is 9.94. The Morgan fingerprint density at radius 2 is 1.93 bits per heavy atom. The van der Waals surface area contributed by atoms with E-state index in [0.29, 0.717) is 27.6 Å². The van der Waals surface area contributed by atoms with E-state index < -0.39 is 0 Å². The standard InChI is InChI=1S/C20H26FN5OS/c1-14-18(28-20(23-14)24-17-8-7-15(21)13-22-17)19(27)26-11-9-25(10-12-26)16-5-3-2-4-6-16/h7-8,13,16H,2-6,9-12H2,1H3,(H,22,23,24). The predicted octanol–water partition coefficient (Wildman–Crippen LogP) is 3.82. The molecule has 1 aliphatic carbocycles. The Morgan fingerprint density at radius 1 is 1.18 bits per heavy atom.